The van der Waals surface area contributed by atoms with Gasteiger partial charge in [0.15, 0.2) is 5.82 Å². The van der Waals surface area contributed by atoms with Crippen molar-refractivity contribution in [2.45, 2.75) is 19.1 Å². The van der Waals surface area contributed by atoms with E-state index < -0.39 is 0 Å². The largest absolute Gasteiger partial charge is 0.339 e. The summed E-state index contributed by atoms with van der Waals surface area (Å²) < 4.78 is 5.02. The van der Waals surface area contributed by atoms with E-state index in [4.69, 9.17) is 4.52 Å². The summed E-state index contributed by atoms with van der Waals surface area (Å²) in [7, 11) is 0. The minimum absolute atomic E-state index is 0.742. The smallest absolute Gasteiger partial charge is 0.226 e. The van der Waals surface area contributed by atoms with Gasteiger partial charge in [-0.15, -0.1) is 0 Å². The van der Waals surface area contributed by atoms with Crippen LogP contribution in [-0.4, -0.2) is 29.0 Å². The highest BCUT2D eigenvalue weighted by Crippen LogP contribution is 2.16. The molecule has 0 aliphatic carbocycles. The molecule has 2 rings (SSSR count). The van der Waals surface area contributed by atoms with Gasteiger partial charge in [-0.3, -0.25) is 0 Å². The predicted molar refractivity (Wildman–Crippen MR) is 56.2 cm³/mol. The molecular weight excluding hydrogens is 198 g/mol. The lowest BCUT2D eigenvalue weighted by Gasteiger charge is -2.26. The van der Waals surface area contributed by atoms with Gasteiger partial charge in [-0.2, -0.15) is 16.7 Å². The van der Waals surface area contributed by atoms with Crippen molar-refractivity contribution in [1.82, 2.24) is 15.5 Å². The molecule has 1 aliphatic heterocycles. The third-order valence-corrected chi connectivity index (χ3v) is 3.43. The molecule has 1 saturated heterocycles. The van der Waals surface area contributed by atoms with Crippen LogP contribution in [0.25, 0.3) is 0 Å². The van der Waals surface area contributed by atoms with Crippen molar-refractivity contribution < 1.29 is 4.52 Å². The average molecular weight is 213 g/mol. The molecule has 4 nitrogen and oxygen atoms in total. The molecule has 0 spiro atoms. The van der Waals surface area contributed by atoms with E-state index in [2.05, 4.69) is 15.5 Å². The van der Waals surface area contributed by atoms with E-state index in [1.54, 1.807) is 0 Å². The molecule has 0 aromatic carbocycles. The first kappa shape index (κ1) is 9.98. The van der Waals surface area contributed by atoms with Crippen LogP contribution in [0, 0.1) is 5.92 Å². The topological polar surface area (TPSA) is 51.0 Å². The molecule has 1 aromatic rings. The summed E-state index contributed by atoms with van der Waals surface area (Å²) in [6.45, 7) is 4.35. The fourth-order valence-corrected chi connectivity index (χ4v) is 2.26. The number of aromatic nitrogens is 2. The van der Waals surface area contributed by atoms with Crippen LogP contribution < -0.4 is 5.32 Å². The van der Waals surface area contributed by atoms with Crippen molar-refractivity contribution in [3.8, 4) is 0 Å². The Morgan fingerprint density at radius 3 is 3.00 bits per heavy atom. The molecule has 0 amide bonds. The lowest BCUT2D eigenvalue weighted by molar-refractivity contribution is 0.377. The predicted octanol–water partition coefficient (Wildman–Crippen LogP) is 1.08. The molecule has 0 unspecified atom stereocenters. The van der Waals surface area contributed by atoms with Gasteiger partial charge in [0.2, 0.25) is 5.89 Å². The molecule has 1 aromatic heterocycles. The number of rotatable bonds is 5. The van der Waals surface area contributed by atoms with Crippen molar-refractivity contribution in [1.29, 1.82) is 0 Å². The van der Waals surface area contributed by atoms with Crippen molar-refractivity contribution in [3.63, 3.8) is 0 Å². The summed E-state index contributed by atoms with van der Waals surface area (Å²) in [5.41, 5.74) is 0. The molecule has 14 heavy (non-hydrogen) atoms. The lowest BCUT2D eigenvalue weighted by atomic mass is 10.1. The SMILES string of the molecule is CCc1nc(CSCC2CNC2)no1. The van der Waals surface area contributed by atoms with Gasteiger partial charge in [0.05, 0.1) is 5.75 Å². The van der Waals surface area contributed by atoms with Crippen LogP contribution in [0.4, 0.5) is 0 Å². The number of nitrogens with one attached hydrogen (secondary N) is 1. The molecule has 2 heterocycles. The average Bonchev–Trinajstić information content (AvgIpc) is 2.57. The van der Waals surface area contributed by atoms with E-state index in [0.29, 0.717) is 0 Å². The van der Waals surface area contributed by atoms with E-state index >= 15 is 0 Å². The van der Waals surface area contributed by atoms with Crippen LogP contribution in [0.1, 0.15) is 18.6 Å². The zero-order chi connectivity index (χ0) is 9.80. The Bertz CT molecular complexity index is 285. The number of hydrogen-bond acceptors (Lipinski definition) is 5. The van der Waals surface area contributed by atoms with Gasteiger partial charge in [0.1, 0.15) is 0 Å². The highest BCUT2D eigenvalue weighted by Gasteiger charge is 2.16. The standard InChI is InChI=1S/C9H15N3OS/c1-2-9-11-8(12-13-9)6-14-5-7-3-10-4-7/h7,10H,2-6H2,1H3. The summed E-state index contributed by atoms with van der Waals surface area (Å²) in [6, 6.07) is 0. The monoisotopic (exact) mass is 213 g/mol. The minimum atomic E-state index is 0.742. The van der Waals surface area contributed by atoms with Crippen molar-refractivity contribution >= 4 is 11.8 Å². The molecule has 0 bridgehead atoms. The second-order valence-electron chi connectivity index (χ2n) is 3.50. The van der Waals surface area contributed by atoms with Crippen LogP contribution >= 0.6 is 11.8 Å². The van der Waals surface area contributed by atoms with Gasteiger partial charge in [-0.25, -0.2) is 0 Å². The zero-order valence-corrected chi connectivity index (χ0v) is 9.14. The van der Waals surface area contributed by atoms with Crippen molar-refractivity contribution in [2.75, 3.05) is 18.8 Å². The summed E-state index contributed by atoms with van der Waals surface area (Å²) in [5, 5.41) is 7.17. The zero-order valence-electron chi connectivity index (χ0n) is 8.32. The maximum absolute atomic E-state index is 5.02. The van der Waals surface area contributed by atoms with Gasteiger partial charge in [-0.1, -0.05) is 12.1 Å². The molecular formula is C9H15N3OS. The molecule has 1 N–H and O–H groups in total. The highest BCUT2D eigenvalue weighted by molar-refractivity contribution is 7.98. The molecule has 78 valence electrons. The normalized spacial score (nSPS) is 16.9. The summed E-state index contributed by atoms with van der Waals surface area (Å²) in [5.74, 6) is 4.49. The fraction of sp³-hybridized carbons (Fsp3) is 0.778. The Kier molecular flexibility index (Phi) is 3.42. The second kappa shape index (κ2) is 4.79. The Morgan fingerprint density at radius 1 is 1.57 bits per heavy atom. The van der Waals surface area contributed by atoms with Crippen LogP contribution in [0.5, 0.6) is 0 Å². The Balaban J connectivity index is 1.68. The Morgan fingerprint density at radius 2 is 2.43 bits per heavy atom. The van der Waals surface area contributed by atoms with Crippen LogP contribution in [0.3, 0.4) is 0 Å². The van der Waals surface area contributed by atoms with E-state index in [0.717, 1.165) is 29.8 Å². The summed E-state index contributed by atoms with van der Waals surface area (Å²) in [6.07, 6.45) is 0.824. The van der Waals surface area contributed by atoms with Crippen LogP contribution in [-0.2, 0) is 12.2 Å². The van der Waals surface area contributed by atoms with Gasteiger partial charge >= 0.3 is 0 Å². The fourth-order valence-electron chi connectivity index (χ4n) is 1.28. The first-order valence-electron chi connectivity index (χ1n) is 4.98. The Labute approximate surface area is 87.8 Å². The lowest BCUT2D eigenvalue weighted by Crippen LogP contribution is -2.43. The molecule has 0 saturated carbocycles. The van der Waals surface area contributed by atoms with E-state index in [9.17, 15) is 0 Å². The number of aryl methyl sites for hydroxylation is 1. The minimum Gasteiger partial charge on any atom is -0.339 e. The van der Waals surface area contributed by atoms with Gasteiger partial charge in [-0.05, 0) is 24.8 Å². The van der Waals surface area contributed by atoms with Crippen LogP contribution in [0.15, 0.2) is 4.52 Å². The van der Waals surface area contributed by atoms with Gasteiger partial charge in [0, 0.05) is 6.42 Å². The van der Waals surface area contributed by atoms with Gasteiger partial charge < -0.3 is 9.84 Å². The van der Waals surface area contributed by atoms with E-state index in [1.165, 1.54) is 18.8 Å². The Hall–Kier alpha value is -0.550. The second-order valence-corrected chi connectivity index (χ2v) is 4.53. The molecule has 1 fully saturated rings. The number of hydrogen-bond donors (Lipinski definition) is 1. The molecule has 1 aliphatic rings. The summed E-state index contributed by atoms with van der Waals surface area (Å²) in [4.78, 5) is 4.26. The molecule has 0 atom stereocenters. The quantitative estimate of drug-likeness (QED) is 0.793. The molecule has 0 radical (unpaired) electrons. The number of nitrogens with zero attached hydrogens (tertiary/aromatic N) is 2. The van der Waals surface area contributed by atoms with Crippen molar-refractivity contribution in [2.24, 2.45) is 5.92 Å². The van der Waals surface area contributed by atoms with E-state index in [-0.39, 0.29) is 0 Å². The van der Waals surface area contributed by atoms with Gasteiger partial charge in [0.25, 0.3) is 0 Å². The first-order valence-corrected chi connectivity index (χ1v) is 6.14. The third kappa shape index (κ3) is 2.48. The van der Waals surface area contributed by atoms with E-state index in [1.807, 2.05) is 18.7 Å². The molecule has 5 heteroatoms. The maximum Gasteiger partial charge on any atom is 0.226 e. The number of thioether (sulfide) groups is 1. The summed E-state index contributed by atoms with van der Waals surface area (Å²) >= 11 is 1.89. The third-order valence-electron chi connectivity index (χ3n) is 2.26. The van der Waals surface area contributed by atoms with Crippen molar-refractivity contribution in [3.05, 3.63) is 11.7 Å². The first-order chi connectivity index (χ1) is 6.88. The highest BCUT2D eigenvalue weighted by atomic mass is 32.2. The maximum atomic E-state index is 5.02. The van der Waals surface area contributed by atoms with Crippen LogP contribution in [0.2, 0.25) is 0 Å².